The van der Waals surface area contributed by atoms with Crippen molar-refractivity contribution in [1.82, 2.24) is 10.2 Å². The van der Waals surface area contributed by atoms with Crippen LogP contribution in [-0.4, -0.2) is 45.3 Å². The van der Waals surface area contributed by atoms with Crippen molar-refractivity contribution in [3.05, 3.63) is 22.7 Å². The van der Waals surface area contributed by atoms with Crippen LogP contribution in [0.1, 0.15) is 5.56 Å². The van der Waals surface area contributed by atoms with Crippen molar-refractivity contribution in [3.8, 4) is 11.5 Å². The Morgan fingerprint density at radius 1 is 1.22 bits per heavy atom. The molecule has 0 aliphatic carbocycles. The topological polar surface area (TPSA) is 33.7 Å². The fourth-order valence-electron chi connectivity index (χ4n) is 2.24. The van der Waals surface area contributed by atoms with Gasteiger partial charge in [0.05, 0.1) is 24.8 Å². The quantitative estimate of drug-likeness (QED) is 0.904. The first kappa shape index (κ1) is 13.5. The number of nitrogens with one attached hydrogen (secondary N) is 1. The van der Waals surface area contributed by atoms with Gasteiger partial charge in [-0.15, -0.1) is 0 Å². The molecule has 1 fully saturated rings. The number of methoxy groups -OCH3 is 2. The summed E-state index contributed by atoms with van der Waals surface area (Å²) in [7, 11) is 3.31. The Morgan fingerprint density at radius 3 is 2.56 bits per heavy atom. The van der Waals surface area contributed by atoms with Crippen LogP contribution in [0.15, 0.2) is 12.1 Å². The first-order chi connectivity index (χ1) is 8.76. The minimum Gasteiger partial charge on any atom is -0.496 e. The standard InChI is InChI=1S/C13H19ClN2O2/c1-17-12-4-3-11(14)13(18-2)10(12)9-16-7-5-15-6-8-16/h3-4,15H,5-9H2,1-2H3. The average Bonchev–Trinajstić information content (AvgIpc) is 2.40. The lowest BCUT2D eigenvalue weighted by molar-refractivity contribution is 0.226. The Balaban J connectivity index is 2.25. The molecule has 1 aliphatic rings. The van der Waals surface area contributed by atoms with Gasteiger partial charge in [-0.25, -0.2) is 0 Å². The molecule has 0 spiro atoms. The molecule has 0 radical (unpaired) electrons. The molecule has 1 heterocycles. The number of halogens is 1. The molecule has 1 aliphatic heterocycles. The van der Waals surface area contributed by atoms with Crippen molar-refractivity contribution in [2.24, 2.45) is 0 Å². The van der Waals surface area contributed by atoms with Crippen molar-refractivity contribution in [3.63, 3.8) is 0 Å². The number of rotatable bonds is 4. The summed E-state index contributed by atoms with van der Waals surface area (Å²) >= 11 is 6.16. The maximum atomic E-state index is 6.16. The molecule has 5 heteroatoms. The molecule has 1 aromatic rings. The van der Waals surface area contributed by atoms with E-state index in [0.29, 0.717) is 5.02 Å². The van der Waals surface area contributed by atoms with E-state index in [2.05, 4.69) is 10.2 Å². The van der Waals surface area contributed by atoms with Gasteiger partial charge < -0.3 is 14.8 Å². The summed E-state index contributed by atoms with van der Waals surface area (Å²) in [5.41, 5.74) is 1.02. The van der Waals surface area contributed by atoms with E-state index in [1.807, 2.05) is 6.07 Å². The Morgan fingerprint density at radius 2 is 1.94 bits per heavy atom. The number of nitrogens with zero attached hydrogens (tertiary/aromatic N) is 1. The second-order valence-corrected chi connectivity index (χ2v) is 4.69. The van der Waals surface area contributed by atoms with E-state index in [4.69, 9.17) is 21.1 Å². The van der Waals surface area contributed by atoms with Crippen molar-refractivity contribution in [2.75, 3.05) is 40.4 Å². The largest absolute Gasteiger partial charge is 0.496 e. The van der Waals surface area contributed by atoms with E-state index in [0.717, 1.165) is 49.8 Å². The predicted molar refractivity (Wildman–Crippen MR) is 72.7 cm³/mol. The van der Waals surface area contributed by atoms with Gasteiger partial charge in [0.1, 0.15) is 11.5 Å². The lowest BCUT2D eigenvalue weighted by Crippen LogP contribution is -2.43. The molecule has 0 aromatic heterocycles. The third kappa shape index (κ3) is 2.88. The Bertz CT molecular complexity index is 406. The normalized spacial score (nSPS) is 16.6. The van der Waals surface area contributed by atoms with Gasteiger partial charge in [0.25, 0.3) is 0 Å². The zero-order chi connectivity index (χ0) is 13.0. The van der Waals surface area contributed by atoms with Gasteiger partial charge >= 0.3 is 0 Å². The molecule has 0 bridgehead atoms. The average molecular weight is 271 g/mol. The molecule has 100 valence electrons. The molecule has 0 amide bonds. The van der Waals surface area contributed by atoms with Crippen molar-refractivity contribution in [1.29, 1.82) is 0 Å². The number of benzene rings is 1. The van der Waals surface area contributed by atoms with Gasteiger partial charge in [0, 0.05) is 32.7 Å². The van der Waals surface area contributed by atoms with E-state index >= 15 is 0 Å². The van der Waals surface area contributed by atoms with E-state index < -0.39 is 0 Å². The van der Waals surface area contributed by atoms with Crippen LogP contribution < -0.4 is 14.8 Å². The molecular weight excluding hydrogens is 252 g/mol. The van der Waals surface area contributed by atoms with Gasteiger partial charge in [0.15, 0.2) is 0 Å². The lowest BCUT2D eigenvalue weighted by atomic mass is 10.1. The van der Waals surface area contributed by atoms with Crippen LogP contribution in [0, 0.1) is 0 Å². The summed E-state index contributed by atoms with van der Waals surface area (Å²) in [6.45, 7) is 4.89. The monoisotopic (exact) mass is 270 g/mol. The maximum Gasteiger partial charge on any atom is 0.145 e. The highest BCUT2D eigenvalue weighted by atomic mass is 35.5. The van der Waals surface area contributed by atoms with E-state index in [1.165, 1.54) is 0 Å². The summed E-state index contributed by atoms with van der Waals surface area (Å²) in [6, 6.07) is 3.70. The first-order valence-corrected chi connectivity index (χ1v) is 6.46. The van der Waals surface area contributed by atoms with Crippen LogP contribution in [0.25, 0.3) is 0 Å². The lowest BCUT2D eigenvalue weighted by Gasteiger charge is -2.28. The second kappa shape index (κ2) is 6.27. The molecule has 1 N–H and O–H groups in total. The van der Waals surface area contributed by atoms with Crippen molar-refractivity contribution in [2.45, 2.75) is 6.54 Å². The zero-order valence-electron chi connectivity index (χ0n) is 10.8. The van der Waals surface area contributed by atoms with Gasteiger partial charge in [-0.2, -0.15) is 0 Å². The highest BCUT2D eigenvalue weighted by Crippen LogP contribution is 2.36. The summed E-state index contributed by atoms with van der Waals surface area (Å²) in [4.78, 5) is 2.37. The number of piperazine rings is 1. The Kier molecular flexibility index (Phi) is 4.69. The summed E-state index contributed by atoms with van der Waals surface area (Å²) < 4.78 is 10.8. The summed E-state index contributed by atoms with van der Waals surface area (Å²) in [5, 5.41) is 3.97. The van der Waals surface area contributed by atoms with E-state index in [-0.39, 0.29) is 0 Å². The fraction of sp³-hybridized carbons (Fsp3) is 0.538. The highest BCUT2D eigenvalue weighted by Gasteiger charge is 2.18. The minimum absolute atomic E-state index is 0.628. The minimum atomic E-state index is 0.628. The SMILES string of the molecule is COc1ccc(Cl)c(OC)c1CN1CCNCC1. The molecule has 0 saturated carbocycles. The molecule has 2 rings (SSSR count). The molecule has 0 atom stereocenters. The zero-order valence-corrected chi connectivity index (χ0v) is 11.6. The fourth-order valence-corrected chi connectivity index (χ4v) is 2.49. The third-order valence-electron chi connectivity index (χ3n) is 3.18. The Hall–Kier alpha value is -0.970. The molecular formula is C13H19ClN2O2. The van der Waals surface area contributed by atoms with Crippen LogP contribution in [0.5, 0.6) is 11.5 Å². The number of ether oxygens (including phenoxy) is 2. The second-order valence-electron chi connectivity index (χ2n) is 4.29. The highest BCUT2D eigenvalue weighted by molar-refractivity contribution is 6.32. The van der Waals surface area contributed by atoms with Crippen molar-refractivity contribution < 1.29 is 9.47 Å². The smallest absolute Gasteiger partial charge is 0.145 e. The van der Waals surface area contributed by atoms with Crippen LogP contribution in [0.3, 0.4) is 0 Å². The summed E-state index contributed by atoms with van der Waals surface area (Å²) in [6.07, 6.45) is 0. The molecule has 4 nitrogen and oxygen atoms in total. The van der Waals surface area contributed by atoms with Gasteiger partial charge in [-0.1, -0.05) is 11.6 Å². The van der Waals surface area contributed by atoms with Gasteiger partial charge in [0.2, 0.25) is 0 Å². The van der Waals surface area contributed by atoms with Gasteiger partial charge in [-0.3, -0.25) is 4.90 Å². The number of hydrogen-bond donors (Lipinski definition) is 1. The third-order valence-corrected chi connectivity index (χ3v) is 3.48. The first-order valence-electron chi connectivity index (χ1n) is 6.08. The molecule has 1 saturated heterocycles. The van der Waals surface area contributed by atoms with Gasteiger partial charge in [-0.05, 0) is 12.1 Å². The Labute approximate surface area is 113 Å². The maximum absolute atomic E-state index is 6.16. The number of hydrogen-bond acceptors (Lipinski definition) is 4. The van der Waals surface area contributed by atoms with Crippen LogP contribution in [0.4, 0.5) is 0 Å². The van der Waals surface area contributed by atoms with Crippen LogP contribution in [-0.2, 0) is 6.54 Å². The molecule has 18 heavy (non-hydrogen) atoms. The van der Waals surface area contributed by atoms with E-state index in [1.54, 1.807) is 20.3 Å². The van der Waals surface area contributed by atoms with Crippen LogP contribution >= 0.6 is 11.6 Å². The van der Waals surface area contributed by atoms with Crippen molar-refractivity contribution >= 4 is 11.6 Å². The van der Waals surface area contributed by atoms with Crippen LogP contribution in [0.2, 0.25) is 5.02 Å². The molecule has 0 unspecified atom stereocenters. The summed E-state index contributed by atoms with van der Waals surface area (Å²) in [5.74, 6) is 1.55. The van der Waals surface area contributed by atoms with E-state index in [9.17, 15) is 0 Å². The molecule has 1 aromatic carbocycles. The predicted octanol–water partition coefficient (Wildman–Crippen LogP) is 1.76.